The highest BCUT2D eigenvalue weighted by atomic mass is 16.6. The van der Waals surface area contributed by atoms with E-state index in [1.807, 2.05) is 68.4 Å². The first-order chi connectivity index (χ1) is 17.0. The first-order valence-corrected chi connectivity index (χ1v) is 12.0. The van der Waals surface area contributed by atoms with Gasteiger partial charge in [-0.1, -0.05) is 62.4 Å². The van der Waals surface area contributed by atoms with Gasteiger partial charge in [0.2, 0.25) is 0 Å². The number of nitrogens with two attached hydrogens (primary N) is 1. The Hall–Kier alpha value is -4.07. The molecule has 188 valence electrons. The van der Waals surface area contributed by atoms with E-state index in [2.05, 4.69) is 0 Å². The zero-order valence-corrected chi connectivity index (χ0v) is 21.3. The summed E-state index contributed by atoms with van der Waals surface area (Å²) < 4.78 is 13.8. The molecule has 4 aromatic rings. The molecule has 2 N–H and O–H groups in total. The number of anilines is 1. The van der Waals surface area contributed by atoms with Gasteiger partial charge >= 0.3 is 11.9 Å². The lowest BCUT2D eigenvalue weighted by Gasteiger charge is -2.19. The Morgan fingerprint density at radius 1 is 1.11 bits per heavy atom. The number of ether oxygens (including phenoxy) is 2. The molecule has 2 aromatic carbocycles. The van der Waals surface area contributed by atoms with Crippen LogP contribution in [0.15, 0.2) is 60.8 Å². The number of benzene rings is 2. The minimum absolute atomic E-state index is 0.0511. The lowest BCUT2D eigenvalue weighted by Crippen LogP contribution is -2.38. The van der Waals surface area contributed by atoms with Crippen LogP contribution in [0.4, 0.5) is 10.6 Å². The quantitative estimate of drug-likeness (QED) is 0.285. The smallest absolute Gasteiger partial charge is 0.419 e. The zero-order chi connectivity index (χ0) is 26.0. The van der Waals surface area contributed by atoms with Crippen LogP contribution in [0.5, 0.6) is 5.88 Å². The van der Waals surface area contributed by atoms with Crippen LogP contribution in [-0.4, -0.2) is 21.2 Å². The molecule has 0 spiro atoms. The topological polar surface area (TPSA) is 106 Å². The van der Waals surface area contributed by atoms with Crippen molar-refractivity contribution in [3.63, 3.8) is 0 Å². The number of para-hydroxylation sites is 1. The van der Waals surface area contributed by atoms with E-state index in [4.69, 9.17) is 20.2 Å². The number of rotatable bonds is 6. The molecule has 8 nitrogen and oxygen atoms in total. The monoisotopic (exact) mass is 488 g/mol. The van der Waals surface area contributed by atoms with Gasteiger partial charge in [-0.25, -0.2) is 14.5 Å². The van der Waals surface area contributed by atoms with Gasteiger partial charge in [-0.15, -0.1) is 0 Å². The summed E-state index contributed by atoms with van der Waals surface area (Å²) in [6.45, 7) is 9.70. The van der Waals surface area contributed by atoms with Gasteiger partial charge in [-0.2, -0.15) is 0 Å². The van der Waals surface area contributed by atoms with Gasteiger partial charge in [0.25, 0.3) is 5.88 Å². The van der Waals surface area contributed by atoms with E-state index in [1.165, 1.54) is 4.57 Å². The number of nitrogen functional groups attached to an aromatic ring is 1. The van der Waals surface area contributed by atoms with Crippen LogP contribution in [-0.2, 0) is 17.8 Å². The SMILES string of the molecule is CC(C)Cc1c(OCc2ccccc2)nc(-c2cn(C(=O)OC(C)(C)C)c3ccccc23)c(N)[n+]1[O-]. The molecule has 2 aromatic heterocycles. The number of aromatic nitrogens is 3. The lowest BCUT2D eigenvalue weighted by atomic mass is 10.1. The first kappa shape index (κ1) is 25.0. The summed E-state index contributed by atoms with van der Waals surface area (Å²) >= 11 is 0. The second-order valence-electron chi connectivity index (χ2n) is 10.2. The highest BCUT2D eigenvalue weighted by Crippen LogP contribution is 2.34. The fourth-order valence-electron chi connectivity index (χ4n) is 3.98. The number of hydrogen-bond acceptors (Lipinski definition) is 6. The number of fused-ring (bicyclic) bond motifs is 1. The Labute approximate surface area is 210 Å². The molecule has 0 saturated heterocycles. The van der Waals surface area contributed by atoms with Crippen LogP contribution < -0.4 is 15.2 Å². The van der Waals surface area contributed by atoms with Crippen molar-refractivity contribution in [1.29, 1.82) is 0 Å². The second kappa shape index (κ2) is 9.89. The van der Waals surface area contributed by atoms with Crippen molar-refractivity contribution in [1.82, 2.24) is 9.55 Å². The summed E-state index contributed by atoms with van der Waals surface area (Å²) in [6, 6.07) is 17.0. The zero-order valence-electron chi connectivity index (χ0n) is 21.3. The molecule has 0 atom stereocenters. The Morgan fingerprint density at radius 3 is 2.44 bits per heavy atom. The average Bonchev–Trinajstić information content (AvgIpc) is 3.21. The molecule has 0 saturated carbocycles. The molecule has 0 unspecified atom stereocenters. The van der Waals surface area contributed by atoms with Gasteiger partial charge < -0.3 is 14.7 Å². The molecule has 0 radical (unpaired) electrons. The normalized spacial score (nSPS) is 11.7. The summed E-state index contributed by atoms with van der Waals surface area (Å²) in [5.74, 6) is 0.357. The van der Waals surface area contributed by atoms with Crippen LogP contribution in [0, 0.1) is 11.1 Å². The molecule has 0 amide bonds. The van der Waals surface area contributed by atoms with E-state index in [9.17, 15) is 10.0 Å². The maximum Gasteiger partial charge on any atom is 0.419 e. The van der Waals surface area contributed by atoms with Gasteiger partial charge in [0.15, 0.2) is 11.4 Å². The number of carbonyl (C=O) groups excluding carboxylic acids is 1. The Morgan fingerprint density at radius 2 is 1.78 bits per heavy atom. The second-order valence-corrected chi connectivity index (χ2v) is 10.2. The summed E-state index contributed by atoms with van der Waals surface area (Å²) in [5, 5.41) is 14.1. The maximum atomic E-state index is 13.4. The third-order valence-corrected chi connectivity index (χ3v) is 5.54. The molecule has 36 heavy (non-hydrogen) atoms. The Kier molecular flexibility index (Phi) is 6.88. The van der Waals surface area contributed by atoms with Crippen LogP contribution in [0.2, 0.25) is 0 Å². The van der Waals surface area contributed by atoms with Gasteiger partial charge in [0.1, 0.15) is 12.2 Å². The number of nitrogens with zero attached hydrogens (tertiary/aromatic N) is 3. The van der Waals surface area contributed by atoms with Gasteiger partial charge in [-0.05, 0) is 38.3 Å². The molecule has 0 fully saturated rings. The van der Waals surface area contributed by atoms with E-state index in [0.29, 0.717) is 33.3 Å². The molecule has 8 heteroatoms. The fourth-order valence-corrected chi connectivity index (χ4v) is 3.98. The van der Waals surface area contributed by atoms with Gasteiger partial charge in [-0.3, -0.25) is 10.3 Å². The summed E-state index contributed by atoms with van der Waals surface area (Å²) in [5.41, 5.74) is 8.42. The lowest BCUT2D eigenvalue weighted by molar-refractivity contribution is -0.599. The van der Waals surface area contributed by atoms with Crippen LogP contribution >= 0.6 is 0 Å². The van der Waals surface area contributed by atoms with Crippen molar-refractivity contribution in [2.24, 2.45) is 5.92 Å². The third-order valence-electron chi connectivity index (χ3n) is 5.54. The van der Waals surface area contributed by atoms with Crippen molar-refractivity contribution < 1.29 is 19.0 Å². The third kappa shape index (κ3) is 5.27. The Balaban J connectivity index is 1.85. The molecule has 2 heterocycles. The van der Waals surface area contributed by atoms with Gasteiger partial charge in [0, 0.05) is 23.6 Å². The molecule has 0 aliphatic heterocycles. The van der Waals surface area contributed by atoms with Crippen LogP contribution in [0.25, 0.3) is 22.2 Å². The minimum Gasteiger partial charge on any atom is -0.710 e. The summed E-state index contributed by atoms with van der Waals surface area (Å²) in [7, 11) is 0. The highest BCUT2D eigenvalue weighted by molar-refractivity contribution is 6.01. The summed E-state index contributed by atoms with van der Waals surface area (Å²) in [6.07, 6.45) is 1.53. The van der Waals surface area contributed by atoms with Crippen LogP contribution in [0.1, 0.15) is 45.9 Å². The van der Waals surface area contributed by atoms with Crippen molar-refractivity contribution >= 4 is 22.8 Å². The number of carbonyl (C=O) groups is 1. The standard InChI is InChI=1S/C28H32N4O4/c1-18(2)15-23-26(35-17-19-11-7-6-8-12-19)30-24(25(29)32(23)34)21-16-31(27(33)36-28(3,4)5)22-14-10-9-13-20(21)22/h6-14,16,18H,15,17,29H2,1-5H3. The molecule has 0 aliphatic rings. The number of hydrogen-bond donors (Lipinski definition) is 1. The molecule has 4 rings (SSSR count). The average molecular weight is 489 g/mol. The molecule has 0 bridgehead atoms. The van der Waals surface area contributed by atoms with E-state index >= 15 is 0 Å². The van der Waals surface area contributed by atoms with Crippen molar-refractivity contribution in [3.05, 3.63) is 77.3 Å². The van der Waals surface area contributed by atoms with E-state index in [1.54, 1.807) is 27.0 Å². The largest absolute Gasteiger partial charge is 0.710 e. The van der Waals surface area contributed by atoms with E-state index in [0.717, 1.165) is 5.56 Å². The molecule has 0 aliphatic carbocycles. The highest BCUT2D eigenvalue weighted by Gasteiger charge is 2.27. The van der Waals surface area contributed by atoms with Crippen molar-refractivity contribution in [2.45, 2.75) is 53.2 Å². The predicted molar refractivity (Wildman–Crippen MR) is 139 cm³/mol. The fraction of sp³-hybridized carbons (Fsp3) is 0.321. The maximum absolute atomic E-state index is 13.4. The Bertz CT molecular complexity index is 1390. The summed E-state index contributed by atoms with van der Waals surface area (Å²) in [4.78, 5) is 17.7. The minimum atomic E-state index is -0.672. The van der Waals surface area contributed by atoms with Crippen molar-refractivity contribution in [3.8, 4) is 17.1 Å². The van der Waals surface area contributed by atoms with Crippen LogP contribution in [0.3, 0.4) is 0 Å². The van der Waals surface area contributed by atoms with E-state index in [-0.39, 0.29) is 29.9 Å². The molecular weight excluding hydrogens is 456 g/mol. The van der Waals surface area contributed by atoms with E-state index < -0.39 is 11.7 Å². The van der Waals surface area contributed by atoms with Gasteiger partial charge in [0.05, 0.1) is 5.52 Å². The molecular formula is C28H32N4O4. The predicted octanol–water partition coefficient (Wildman–Crippen LogP) is 5.48. The first-order valence-electron chi connectivity index (χ1n) is 12.0. The van der Waals surface area contributed by atoms with Crippen molar-refractivity contribution in [2.75, 3.05) is 5.73 Å².